The van der Waals surface area contributed by atoms with Gasteiger partial charge in [0.1, 0.15) is 0 Å². The van der Waals surface area contributed by atoms with Gasteiger partial charge in [-0.1, -0.05) is 15.9 Å². The number of nitrogens with zero attached hydrogens (tertiary/aromatic N) is 1. The van der Waals surface area contributed by atoms with Crippen LogP contribution >= 0.6 is 15.9 Å². The maximum absolute atomic E-state index is 12.2. The molecule has 0 saturated heterocycles. The van der Waals surface area contributed by atoms with Crippen molar-refractivity contribution in [3.05, 3.63) is 62.6 Å². The summed E-state index contributed by atoms with van der Waals surface area (Å²) in [7, 11) is -3.77. The fraction of sp³-hybridized carbons (Fsp3) is 0.0769. The van der Waals surface area contributed by atoms with E-state index in [0.717, 1.165) is 22.2 Å². The first-order valence-electron chi connectivity index (χ1n) is 5.83. The van der Waals surface area contributed by atoms with Gasteiger partial charge in [-0.25, -0.2) is 8.42 Å². The van der Waals surface area contributed by atoms with Crippen molar-refractivity contribution in [2.75, 3.05) is 4.72 Å². The van der Waals surface area contributed by atoms with Crippen LogP contribution < -0.4 is 4.72 Å². The molecule has 8 heteroatoms. The van der Waals surface area contributed by atoms with Crippen LogP contribution in [0.25, 0.3) is 0 Å². The zero-order valence-electron chi connectivity index (χ0n) is 10.9. The van der Waals surface area contributed by atoms with Gasteiger partial charge in [0.15, 0.2) is 0 Å². The number of hydrogen-bond donors (Lipinski definition) is 1. The fourth-order valence-electron chi connectivity index (χ4n) is 1.67. The van der Waals surface area contributed by atoms with Crippen molar-refractivity contribution in [3.8, 4) is 0 Å². The second-order valence-electron chi connectivity index (χ2n) is 4.32. The molecule has 0 fully saturated rings. The van der Waals surface area contributed by atoms with E-state index in [-0.39, 0.29) is 10.6 Å². The molecule has 1 N–H and O–H groups in total. The molecule has 0 saturated carbocycles. The van der Waals surface area contributed by atoms with Gasteiger partial charge < -0.3 is 0 Å². The van der Waals surface area contributed by atoms with Gasteiger partial charge in [0.05, 0.1) is 9.82 Å². The number of nitro groups is 1. The molecule has 0 radical (unpaired) electrons. The maximum Gasteiger partial charge on any atom is 0.269 e. The van der Waals surface area contributed by atoms with Gasteiger partial charge >= 0.3 is 0 Å². The number of halogens is 1. The minimum absolute atomic E-state index is 0.0336. The van der Waals surface area contributed by atoms with Crippen LogP contribution in [-0.4, -0.2) is 13.3 Å². The zero-order chi connectivity index (χ0) is 15.6. The molecule has 0 bridgehead atoms. The van der Waals surface area contributed by atoms with Crippen LogP contribution in [0.15, 0.2) is 51.8 Å². The van der Waals surface area contributed by atoms with Gasteiger partial charge in [0.25, 0.3) is 15.7 Å². The second kappa shape index (κ2) is 5.82. The summed E-state index contributed by atoms with van der Waals surface area (Å²) in [5.41, 5.74) is 1.15. The molecule has 0 aliphatic rings. The minimum atomic E-state index is -3.77. The highest BCUT2D eigenvalue weighted by Crippen LogP contribution is 2.23. The van der Waals surface area contributed by atoms with Crippen LogP contribution in [0.4, 0.5) is 11.4 Å². The van der Waals surface area contributed by atoms with Crippen molar-refractivity contribution < 1.29 is 13.3 Å². The molecule has 0 aliphatic carbocycles. The van der Waals surface area contributed by atoms with Crippen molar-refractivity contribution in [2.24, 2.45) is 0 Å². The van der Waals surface area contributed by atoms with Crippen molar-refractivity contribution in [2.45, 2.75) is 11.8 Å². The molecule has 0 heterocycles. The predicted octanol–water partition coefficient (Wildman–Crippen LogP) is 3.47. The number of rotatable bonds is 4. The van der Waals surface area contributed by atoms with Gasteiger partial charge in [-0.15, -0.1) is 0 Å². The summed E-state index contributed by atoms with van der Waals surface area (Å²) in [6.07, 6.45) is 0. The molecule has 0 amide bonds. The first-order chi connectivity index (χ1) is 9.79. The third-order valence-electron chi connectivity index (χ3n) is 2.77. The molecular weight excluding hydrogens is 360 g/mol. The van der Waals surface area contributed by atoms with Crippen LogP contribution in [0, 0.1) is 17.0 Å². The Morgan fingerprint density at radius 1 is 1.14 bits per heavy atom. The normalized spacial score (nSPS) is 11.1. The number of non-ortho nitro benzene ring substituents is 1. The van der Waals surface area contributed by atoms with Gasteiger partial charge in [-0.05, 0) is 42.8 Å². The third-order valence-corrected chi connectivity index (χ3v) is 5.05. The van der Waals surface area contributed by atoms with E-state index in [4.69, 9.17) is 0 Å². The van der Waals surface area contributed by atoms with E-state index < -0.39 is 14.9 Å². The minimum Gasteiger partial charge on any atom is -0.280 e. The predicted molar refractivity (Wildman–Crippen MR) is 82.8 cm³/mol. The van der Waals surface area contributed by atoms with E-state index in [1.807, 2.05) is 6.92 Å². The van der Waals surface area contributed by atoms with E-state index in [9.17, 15) is 18.5 Å². The number of hydrogen-bond acceptors (Lipinski definition) is 4. The number of benzene rings is 2. The Labute approximate surface area is 130 Å². The van der Waals surface area contributed by atoms with Crippen LogP contribution in [0.1, 0.15) is 5.56 Å². The Hall–Kier alpha value is -1.93. The summed E-state index contributed by atoms with van der Waals surface area (Å²) in [5, 5.41) is 10.6. The molecule has 0 atom stereocenters. The largest absolute Gasteiger partial charge is 0.280 e. The second-order valence-corrected chi connectivity index (χ2v) is 6.86. The van der Waals surface area contributed by atoms with E-state index in [1.165, 1.54) is 12.1 Å². The maximum atomic E-state index is 12.2. The van der Waals surface area contributed by atoms with Gasteiger partial charge in [-0.2, -0.15) is 0 Å². The Bertz CT molecular complexity index is 788. The lowest BCUT2D eigenvalue weighted by Gasteiger charge is -2.09. The standard InChI is InChI=1S/C13H11BrN2O4S/c1-9-8-10(2-7-13(9)14)15-21(19,20)12-5-3-11(4-6-12)16(17)18/h2-8,15H,1H3. The average molecular weight is 371 g/mol. The fourth-order valence-corrected chi connectivity index (χ4v) is 2.97. The number of nitrogens with one attached hydrogen (secondary N) is 1. The van der Waals surface area contributed by atoms with E-state index in [2.05, 4.69) is 20.7 Å². The third kappa shape index (κ3) is 3.59. The van der Waals surface area contributed by atoms with Gasteiger partial charge in [0.2, 0.25) is 0 Å². The summed E-state index contributed by atoms with van der Waals surface area (Å²) in [6.45, 7) is 1.84. The number of aryl methyl sites for hydroxylation is 1. The van der Waals surface area contributed by atoms with E-state index in [0.29, 0.717) is 5.69 Å². The Kier molecular flexibility index (Phi) is 4.29. The van der Waals surface area contributed by atoms with Crippen LogP contribution in [0.2, 0.25) is 0 Å². The first-order valence-corrected chi connectivity index (χ1v) is 8.10. The van der Waals surface area contributed by atoms with Gasteiger partial charge in [0, 0.05) is 22.3 Å². The highest BCUT2D eigenvalue weighted by atomic mass is 79.9. The molecule has 0 aliphatic heterocycles. The summed E-state index contributed by atoms with van der Waals surface area (Å²) >= 11 is 3.33. The van der Waals surface area contributed by atoms with Crippen molar-refractivity contribution >= 4 is 37.3 Å². The summed E-state index contributed by atoms with van der Waals surface area (Å²) in [6, 6.07) is 9.76. The average Bonchev–Trinajstić information content (AvgIpc) is 2.43. The molecule has 0 spiro atoms. The molecule has 21 heavy (non-hydrogen) atoms. The lowest BCUT2D eigenvalue weighted by molar-refractivity contribution is -0.384. The first kappa shape index (κ1) is 15.5. The summed E-state index contributed by atoms with van der Waals surface area (Å²) in [5.74, 6) is 0. The zero-order valence-corrected chi connectivity index (χ0v) is 13.3. The van der Waals surface area contributed by atoms with Crippen molar-refractivity contribution in [1.29, 1.82) is 0 Å². The molecule has 0 aromatic heterocycles. The Morgan fingerprint density at radius 3 is 2.29 bits per heavy atom. The Morgan fingerprint density at radius 2 is 1.76 bits per heavy atom. The monoisotopic (exact) mass is 370 g/mol. The van der Waals surface area contributed by atoms with Crippen molar-refractivity contribution in [1.82, 2.24) is 0 Å². The van der Waals surface area contributed by atoms with Crippen molar-refractivity contribution in [3.63, 3.8) is 0 Å². The molecule has 2 aromatic rings. The van der Waals surface area contributed by atoms with E-state index in [1.54, 1.807) is 18.2 Å². The number of sulfonamides is 1. The highest BCUT2D eigenvalue weighted by molar-refractivity contribution is 9.10. The quantitative estimate of drug-likeness (QED) is 0.658. The van der Waals surface area contributed by atoms with Crippen LogP contribution in [-0.2, 0) is 10.0 Å². The van der Waals surface area contributed by atoms with E-state index >= 15 is 0 Å². The smallest absolute Gasteiger partial charge is 0.269 e. The molecular formula is C13H11BrN2O4S. The van der Waals surface area contributed by atoms with Crippen LogP contribution in [0.5, 0.6) is 0 Å². The summed E-state index contributed by atoms with van der Waals surface area (Å²) < 4.78 is 27.7. The molecule has 2 rings (SSSR count). The molecule has 110 valence electrons. The molecule has 0 unspecified atom stereocenters. The SMILES string of the molecule is Cc1cc(NS(=O)(=O)c2ccc([N+](=O)[O-])cc2)ccc1Br. The molecule has 6 nitrogen and oxygen atoms in total. The highest BCUT2D eigenvalue weighted by Gasteiger charge is 2.16. The lowest BCUT2D eigenvalue weighted by Crippen LogP contribution is -2.13. The number of nitro benzene ring substituents is 1. The lowest BCUT2D eigenvalue weighted by atomic mass is 10.2. The topological polar surface area (TPSA) is 89.3 Å². The number of anilines is 1. The van der Waals surface area contributed by atoms with Gasteiger partial charge in [-0.3, -0.25) is 14.8 Å². The Balaban J connectivity index is 2.29. The van der Waals surface area contributed by atoms with Crippen LogP contribution in [0.3, 0.4) is 0 Å². The summed E-state index contributed by atoms with van der Waals surface area (Å²) in [4.78, 5) is 9.94. The molecule has 2 aromatic carbocycles.